The van der Waals surface area contributed by atoms with Gasteiger partial charge in [-0.1, -0.05) is 26.7 Å². The molecular weight excluding hydrogens is 268 g/mol. The lowest BCUT2D eigenvalue weighted by Gasteiger charge is -2.30. The fourth-order valence-corrected chi connectivity index (χ4v) is 3.92. The maximum absolute atomic E-state index is 11.4. The molecule has 0 bridgehead atoms. The highest BCUT2D eigenvalue weighted by molar-refractivity contribution is 5.77. The van der Waals surface area contributed by atoms with E-state index in [1.807, 2.05) is 0 Å². The molecule has 116 valence electrons. The summed E-state index contributed by atoms with van der Waals surface area (Å²) in [6.45, 7) is 4.88. The van der Waals surface area contributed by atoms with Gasteiger partial charge in [0.1, 0.15) is 0 Å². The van der Waals surface area contributed by atoms with E-state index < -0.39 is 11.4 Å². The molecule has 1 N–H and O–H groups in total. The van der Waals surface area contributed by atoms with Crippen LogP contribution < -0.4 is 0 Å². The van der Waals surface area contributed by atoms with Gasteiger partial charge >= 0.3 is 5.97 Å². The third-order valence-electron chi connectivity index (χ3n) is 5.13. The molecule has 21 heavy (non-hydrogen) atoms. The molecule has 0 unspecified atom stereocenters. The summed E-state index contributed by atoms with van der Waals surface area (Å²) in [6.07, 6.45) is 7.20. The standard InChI is InChI=1S/C15H24N4O2/c1-11(2)9-14(5-3-4-6-14)12-16-17-18-19(12)10-15(7-8-15)13(20)21/h11H,3-10H2,1-2H3,(H,20,21). The molecule has 0 aromatic carbocycles. The summed E-state index contributed by atoms with van der Waals surface area (Å²) in [7, 11) is 0. The Hall–Kier alpha value is -1.46. The molecule has 0 atom stereocenters. The number of carbonyl (C=O) groups is 1. The molecule has 3 rings (SSSR count). The van der Waals surface area contributed by atoms with E-state index in [9.17, 15) is 9.90 Å². The lowest BCUT2D eigenvalue weighted by atomic mass is 9.77. The van der Waals surface area contributed by atoms with Crippen LogP contribution in [0.1, 0.15) is 64.6 Å². The molecule has 2 aliphatic carbocycles. The first-order valence-corrected chi connectivity index (χ1v) is 7.98. The predicted octanol–water partition coefficient (Wildman–Crippen LogP) is 2.40. The van der Waals surface area contributed by atoms with Crippen molar-refractivity contribution < 1.29 is 9.90 Å². The third kappa shape index (κ3) is 2.56. The number of rotatable bonds is 6. The average molecular weight is 292 g/mol. The second-order valence-corrected chi connectivity index (χ2v) is 7.33. The number of carboxylic acid groups (broad SMARTS) is 1. The van der Waals surface area contributed by atoms with E-state index in [2.05, 4.69) is 29.4 Å². The Kier molecular flexibility index (Phi) is 3.50. The van der Waals surface area contributed by atoms with Gasteiger partial charge in [0.15, 0.2) is 5.82 Å². The number of hydrogen-bond acceptors (Lipinski definition) is 4. The van der Waals surface area contributed by atoms with Crippen molar-refractivity contribution in [3.63, 3.8) is 0 Å². The number of aromatic nitrogens is 4. The topological polar surface area (TPSA) is 80.9 Å². The van der Waals surface area contributed by atoms with Crippen LogP contribution >= 0.6 is 0 Å². The smallest absolute Gasteiger partial charge is 0.311 e. The monoisotopic (exact) mass is 292 g/mol. The van der Waals surface area contributed by atoms with Gasteiger partial charge in [-0.05, 0) is 48.4 Å². The molecule has 6 heteroatoms. The Morgan fingerprint density at radius 1 is 1.29 bits per heavy atom. The van der Waals surface area contributed by atoms with Crippen molar-refractivity contribution in [2.75, 3.05) is 0 Å². The summed E-state index contributed by atoms with van der Waals surface area (Å²) in [5.74, 6) is 0.789. The average Bonchev–Trinajstić information content (AvgIpc) is 2.83. The lowest BCUT2D eigenvalue weighted by Crippen LogP contribution is -2.32. The van der Waals surface area contributed by atoms with Gasteiger partial charge in [-0.25, -0.2) is 4.68 Å². The van der Waals surface area contributed by atoms with E-state index in [0.717, 1.165) is 37.9 Å². The van der Waals surface area contributed by atoms with E-state index in [1.54, 1.807) is 4.68 Å². The Morgan fingerprint density at radius 2 is 1.95 bits per heavy atom. The molecule has 0 spiro atoms. The van der Waals surface area contributed by atoms with Crippen LogP contribution in [0.3, 0.4) is 0 Å². The largest absolute Gasteiger partial charge is 0.481 e. The van der Waals surface area contributed by atoms with Gasteiger partial charge in [0.2, 0.25) is 0 Å². The molecule has 0 amide bonds. The zero-order valence-electron chi connectivity index (χ0n) is 12.9. The first-order valence-electron chi connectivity index (χ1n) is 7.98. The SMILES string of the molecule is CC(C)CC1(c2nnnn2CC2(C(=O)O)CC2)CCCC1. The fraction of sp³-hybridized carbons (Fsp3) is 0.867. The van der Waals surface area contributed by atoms with Gasteiger partial charge in [-0.15, -0.1) is 5.10 Å². The number of nitrogens with zero attached hydrogens (tertiary/aromatic N) is 4. The van der Waals surface area contributed by atoms with E-state index >= 15 is 0 Å². The normalized spacial score (nSPS) is 22.6. The Balaban J connectivity index is 1.88. The third-order valence-corrected chi connectivity index (χ3v) is 5.13. The maximum Gasteiger partial charge on any atom is 0.311 e. The predicted molar refractivity (Wildman–Crippen MR) is 76.7 cm³/mol. The zero-order chi connectivity index (χ0) is 15.1. The molecule has 0 radical (unpaired) electrons. The molecule has 1 aromatic heterocycles. The minimum Gasteiger partial charge on any atom is -0.481 e. The van der Waals surface area contributed by atoms with Crippen LogP contribution in [0.5, 0.6) is 0 Å². The quantitative estimate of drug-likeness (QED) is 0.870. The summed E-state index contributed by atoms with van der Waals surface area (Å²) in [5.41, 5.74) is -0.575. The van der Waals surface area contributed by atoms with E-state index in [0.29, 0.717) is 12.5 Å². The van der Waals surface area contributed by atoms with Crippen LogP contribution in [0.25, 0.3) is 0 Å². The maximum atomic E-state index is 11.4. The van der Waals surface area contributed by atoms with E-state index in [-0.39, 0.29) is 5.41 Å². The van der Waals surface area contributed by atoms with Crippen molar-refractivity contribution in [2.45, 2.75) is 70.8 Å². The molecule has 0 aliphatic heterocycles. The Bertz CT molecular complexity index is 528. The lowest BCUT2D eigenvalue weighted by molar-refractivity contribution is -0.144. The zero-order valence-corrected chi connectivity index (χ0v) is 12.9. The first-order chi connectivity index (χ1) is 9.97. The summed E-state index contributed by atoms with van der Waals surface area (Å²) < 4.78 is 1.79. The summed E-state index contributed by atoms with van der Waals surface area (Å²) in [4.78, 5) is 11.4. The van der Waals surface area contributed by atoms with Crippen LogP contribution in [-0.4, -0.2) is 31.3 Å². The molecule has 1 heterocycles. The van der Waals surface area contributed by atoms with Gasteiger partial charge in [0.05, 0.1) is 12.0 Å². The molecular formula is C15H24N4O2. The fourth-order valence-electron chi connectivity index (χ4n) is 3.92. The van der Waals surface area contributed by atoms with Gasteiger partial charge in [0, 0.05) is 5.41 Å². The Morgan fingerprint density at radius 3 is 2.48 bits per heavy atom. The van der Waals surface area contributed by atoms with Gasteiger partial charge in [0.25, 0.3) is 0 Å². The highest BCUT2D eigenvalue weighted by Crippen LogP contribution is 2.49. The summed E-state index contributed by atoms with van der Waals surface area (Å²) in [6, 6.07) is 0. The highest BCUT2D eigenvalue weighted by Gasteiger charge is 2.52. The summed E-state index contributed by atoms with van der Waals surface area (Å²) >= 11 is 0. The number of hydrogen-bond donors (Lipinski definition) is 1. The molecule has 1 aromatic rings. The van der Waals surface area contributed by atoms with Crippen molar-refractivity contribution in [1.29, 1.82) is 0 Å². The summed E-state index contributed by atoms with van der Waals surface area (Å²) in [5, 5.41) is 21.7. The van der Waals surface area contributed by atoms with Gasteiger partial charge in [-0.3, -0.25) is 4.79 Å². The number of aliphatic carboxylic acids is 1. The van der Waals surface area contributed by atoms with Crippen LogP contribution in [0, 0.1) is 11.3 Å². The molecule has 6 nitrogen and oxygen atoms in total. The van der Waals surface area contributed by atoms with Crippen molar-refractivity contribution in [3.8, 4) is 0 Å². The highest BCUT2D eigenvalue weighted by atomic mass is 16.4. The molecule has 2 aliphatic rings. The van der Waals surface area contributed by atoms with Crippen molar-refractivity contribution >= 4 is 5.97 Å². The van der Waals surface area contributed by atoms with Crippen molar-refractivity contribution in [1.82, 2.24) is 20.2 Å². The van der Waals surface area contributed by atoms with Crippen molar-refractivity contribution in [3.05, 3.63) is 5.82 Å². The number of tetrazole rings is 1. The van der Waals surface area contributed by atoms with Crippen LogP contribution in [-0.2, 0) is 16.8 Å². The van der Waals surface area contributed by atoms with Crippen molar-refractivity contribution in [2.24, 2.45) is 11.3 Å². The number of carboxylic acids is 1. The minimum absolute atomic E-state index is 0.0479. The minimum atomic E-state index is -0.715. The van der Waals surface area contributed by atoms with Crippen LogP contribution in [0.15, 0.2) is 0 Å². The molecule has 0 saturated heterocycles. The van der Waals surface area contributed by atoms with E-state index in [4.69, 9.17) is 0 Å². The van der Waals surface area contributed by atoms with Crippen LogP contribution in [0.2, 0.25) is 0 Å². The first kappa shape index (κ1) is 14.5. The van der Waals surface area contributed by atoms with Crippen LogP contribution in [0.4, 0.5) is 0 Å². The van der Waals surface area contributed by atoms with E-state index in [1.165, 1.54) is 12.8 Å². The second kappa shape index (κ2) is 5.07. The second-order valence-electron chi connectivity index (χ2n) is 7.33. The molecule has 2 fully saturated rings. The van der Waals surface area contributed by atoms with Gasteiger partial charge < -0.3 is 5.11 Å². The molecule has 2 saturated carbocycles. The van der Waals surface area contributed by atoms with Gasteiger partial charge in [-0.2, -0.15) is 0 Å². The Labute approximate surface area is 124 Å².